The molecule has 1 aliphatic carbocycles. The molecule has 0 aliphatic heterocycles. The Morgan fingerprint density at radius 1 is 1.35 bits per heavy atom. The molecule has 1 saturated carbocycles. The molecular formula is C16H23NO2S. The van der Waals surface area contributed by atoms with E-state index in [1.54, 1.807) is 11.9 Å². The van der Waals surface area contributed by atoms with Gasteiger partial charge in [-0.1, -0.05) is 37.9 Å². The molecule has 1 aliphatic rings. The van der Waals surface area contributed by atoms with Crippen molar-refractivity contribution in [1.82, 2.24) is 4.72 Å². The Kier molecular flexibility index (Phi) is 5.49. The smallest absolute Gasteiger partial charge is 0.139 e. The quantitative estimate of drug-likeness (QED) is 0.783. The first kappa shape index (κ1) is 15.4. The summed E-state index contributed by atoms with van der Waals surface area (Å²) in [5.41, 5.74) is 1.06. The number of benzene rings is 1. The molecule has 0 aromatic heterocycles. The molecule has 0 heterocycles. The Labute approximate surface area is 125 Å². The first-order chi connectivity index (χ1) is 9.58. The lowest BCUT2D eigenvalue weighted by Gasteiger charge is -2.35. The Balaban J connectivity index is 1.79. The average Bonchev–Trinajstić information content (AvgIpc) is 2.38. The van der Waals surface area contributed by atoms with Crippen LogP contribution in [0.4, 0.5) is 0 Å². The van der Waals surface area contributed by atoms with Crippen molar-refractivity contribution < 1.29 is 9.53 Å². The van der Waals surface area contributed by atoms with Crippen molar-refractivity contribution in [2.45, 2.75) is 45.3 Å². The molecule has 4 heteroatoms. The van der Waals surface area contributed by atoms with E-state index in [1.807, 2.05) is 44.4 Å². The maximum absolute atomic E-state index is 11.7. The zero-order valence-corrected chi connectivity index (χ0v) is 13.2. The van der Waals surface area contributed by atoms with Gasteiger partial charge in [0.2, 0.25) is 0 Å². The molecule has 3 nitrogen and oxygen atoms in total. The molecule has 0 unspecified atom stereocenters. The number of nitrogens with one attached hydrogen (secondary N) is 1. The third-order valence-corrected chi connectivity index (χ3v) is 4.20. The van der Waals surface area contributed by atoms with Gasteiger partial charge in [0.15, 0.2) is 0 Å². The fourth-order valence-corrected chi connectivity index (χ4v) is 2.73. The van der Waals surface area contributed by atoms with Crippen molar-refractivity contribution in [3.63, 3.8) is 0 Å². The maximum Gasteiger partial charge on any atom is 0.139 e. The van der Waals surface area contributed by atoms with Gasteiger partial charge in [-0.05, 0) is 24.0 Å². The van der Waals surface area contributed by atoms with Crippen LogP contribution in [0.1, 0.15) is 32.3 Å². The van der Waals surface area contributed by atoms with Gasteiger partial charge in [-0.15, -0.1) is 0 Å². The second-order valence-electron chi connectivity index (χ2n) is 5.67. The highest BCUT2D eigenvalue weighted by molar-refractivity contribution is 7.96. The Morgan fingerprint density at radius 2 is 2.00 bits per heavy atom. The molecule has 2 rings (SSSR count). The zero-order valence-electron chi connectivity index (χ0n) is 12.4. The number of ether oxygens (including phenoxy) is 1. The Hall–Kier alpha value is -1.00. The van der Waals surface area contributed by atoms with Gasteiger partial charge < -0.3 is 4.74 Å². The summed E-state index contributed by atoms with van der Waals surface area (Å²) in [6.07, 6.45) is 5.01. The lowest BCUT2D eigenvalue weighted by Crippen LogP contribution is -2.44. The molecule has 1 aromatic rings. The van der Waals surface area contributed by atoms with E-state index in [4.69, 9.17) is 4.74 Å². The molecule has 0 radical (unpaired) electrons. The largest absolute Gasteiger partial charge is 0.490 e. The average molecular weight is 293 g/mol. The van der Waals surface area contributed by atoms with E-state index < -0.39 is 0 Å². The summed E-state index contributed by atoms with van der Waals surface area (Å²) in [5.74, 6) is 1.28. The van der Waals surface area contributed by atoms with E-state index in [2.05, 4.69) is 4.72 Å². The second kappa shape index (κ2) is 7.14. The van der Waals surface area contributed by atoms with Gasteiger partial charge in [0.05, 0.1) is 0 Å². The Bertz CT molecular complexity index is 438. The molecule has 20 heavy (non-hydrogen) atoms. The molecule has 0 bridgehead atoms. The fraction of sp³-hybridized carbons (Fsp3) is 0.562. The summed E-state index contributed by atoms with van der Waals surface area (Å²) in [4.78, 5) is 11.7. The van der Waals surface area contributed by atoms with E-state index in [-0.39, 0.29) is 11.7 Å². The molecule has 0 saturated heterocycles. The van der Waals surface area contributed by atoms with E-state index in [9.17, 15) is 4.79 Å². The van der Waals surface area contributed by atoms with Crippen molar-refractivity contribution in [1.29, 1.82) is 0 Å². The van der Waals surface area contributed by atoms with Crippen LogP contribution in [-0.4, -0.2) is 24.2 Å². The monoisotopic (exact) mass is 293 g/mol. The highest BCUT2D eigenvalue weighted by Crippen LogP contribution is 2.27. The van der Waals surface area contributed by atoms with Crippen LogP contribution in [0.15, 0.2) is 24.3 Å². The molecule has 0 amide bonds. The number of Topliss-reactive ketones (excluding diaryl/α,β-unsaturated/α-hetero) is 1. The predicted octanol–water partition coefficient (Wildman–Crippen LogP) is 3.23. The summed E-state index contributed by atoms with van der Waals surface area (Å²) in [6, 6.07) is 8.51. The number of hydrogen-bond donors (Lipinski definition) is 1. The van der Waals surface area contributed by atoms with Gasteiger partial charge in [0.25, 0.3) is 0 Å². The van der Waals surface area contributed by atoms with Gasteiger partial charge in [0.1, 0.15) is 17.6 Å². The van der Waals surface area contributed by atoms with Crippen LogP contribution in [0.25, 0.3) is 0 Å². The summed E-state index contributed by atoms with van der Waals surface area (Å²) in [5, 5.41) is 0. The molecule has 0 atom stereocenters. The van der Waals surface area contributed by atoms with E-state index in [1.165, 1.54) is 0 Å². The first-order valence-corrected chi connectivity index (χ1v) is 8.37. The number of ketones is 1. The van der Waals surface area contributed by atoms with Crippen LogP contribution in [0, 0.1) is 5.92 Å². The van der Waals surface area contributed by atoms with Crippen LogP contribution in [0.5, 0.6) is 5.75 Å². The molecule has 1 aromatic carbocycles. The molecule has 1 fully saturated rings. The van der Waals surface area contributed by atoms with Crippen LogP contribution >= 0.6 is 11.9 Å². The summed E-state index contributed by atoms with van der Waals surface area (Å²) in [6.45, 7) is 3.88. The van der Waals surface area contributed by atoms with E-state index in [0.717, 1.165) is 24.2 Å². The lowest BCUT2D eigenvalue weighted by molar-refractivity contribution is -0.121. The van der Waals surface area contributed by atoms with Crippen LogP contribution < -0.4 is 9.46 Å². The highest BCUT2D eigenvalue weighted by Gasteiger charge is 2.30. The third kappa shape index (κ3) is 4.25. The predicted molar refractivity (Wildman–Crippen MR) is 84.1 cm³/mol. The standard InChI is InChI=1S/C16H23NO2S/c1-11(2)16(18)8-12-4-6-14(7-5-12)19-15-9-13(10-15)17-20-3/h4-7,11,13,15,17H,8-10H2,1-3H3/t13-,15-. The topological polar surface area (TPSA) is 38.3 Å². The van der Waals surface area contributed by atoms with Gasteiger partial charge in [0, 0.05) is 31.2 Å². The van der Waals surface area contributed by atoms with Gasteiger partial charge >= 0.3 is 0 Å². The van der Waals surface area contributed by atoms with Gasteiger partial charge in [-0.25, -0.2) is 0 Å². The van der Waals surface area contributed by atoms with E-state index >= 15 is 0 Å². The highest BCUT2D eigenvalue weighted by atomic mass is 32.2. The SMILES string of the molecule is CSN[C@H]1C[C@H](Oc2ccc(CC(=O)C(C)C)cc2)C1. The van der Waals surface area contributed by atoms with Crippen LogP contribution in [0.2, 0.25) is 0 Å². The van der Waals surface area contributed by atoms with Crippen LogP contribution in [-0.2, 0) is 11.2 Å². The van der Waals surface area contributed by atoms with Gasteiger partial charge in [-0.3, -0.25) is 9.52 Å². The number of carbonyl (C=O) groups is 1. The van der Waals surface area contributed by atoms with Crippen molar-refractivity contribution >= 4 is 17.7 Å². The van der Waals surface area contributed by atoms with Crippen molar-refractivity contribution in [2.75, 3.05) is 6.26 Å². The zero-order chi connectivity index (χ0) is 14.5. The minimum atomic E-state index is 0.0989. The number of hydrogen-bond acceptors (Lipinski definition) is 4. The number of carbonyl (C=O) groups excluding carboxylic acids is 1. The minimum absolute atomic E-state index is 0.0989. The maximum atomic E-state index is 11.7. The molecule has 1 N–H and O–H groups in total. The van der Waals surface area contributed by atoms with Crippen molar-refractivity contribution in [3.8, 4) is 5.75 Å². The molecule has 110 valence electrons. The minimum Gasteiger partial charge on any atom is -0.490 e. The number of rotatable bonds is 7. The van der Waals surface area contributed by atoms with Crippen molar-refractivity contribution in [3.05, 3.63) is 29.8 Å². The fourth-order valence-electron chi connectivity index (χ4n) is 2.21. The lowest BCUT2D eigenvalue weighted by atomic mass is 9.90. The summed E-state index contributed by atoms with van der Waals surface area (Å²) >= 11 is 1.67. The van der Waals surface area contributed by atoms with E-state index in [0.29, 0.717) is 18.6 Å². The third-order valence-electron chi connectivity index (χ3n) is 3.63. The summed E-state index contributed by atoms with van der Waals surface area (Å²) < 4.78 is 9.24. The van der Waals surface area contributed by atoms with Crippen LogP contribution in [0.3, 0.4) is 0 Å². The van der Waals surface area contributed by atoms with Crippen molar-refractivity contribution in [2.24, 2.45) is 5.92 Å². The van der Waals surface area contributed by atoms with Gasteiger partial charge in [-0.2, -0.15) is 0 Å². The second-order valence-corrected chi connectivity index (χ2v) is 6.32. The summed E-state index contributed by atoms with van der Waals surface area (Å²) in [7, 11) is 0. The Morgan fingerprint density at radius 3 is 2.55 bits per heavy atom. The molecule has 0 spiro atoms. The normalized spacial score (nSPS) is 21.6. The molecular weight excluding hydrogens is 270 g/mol. The first-order valence-electron chi connectivity index (χ1n) is 7.15.